The molecule has 1 aliphatic heterocycles. The lowest BCUT2D eigenvalue weighted by Gasteiger charge is -2.32. The van der Waals surface area contributed by atoms with Crippen molar-refractivity contribution >= 4 is 17.2 Å². The second kappa shape index (κ2) is 7.60. The molecule has 1 fully saturated rings. The van der Waals surface area contributed by atoms with E-state index >= 15 is 0 Å². The van der Waals surface area contributed by atoms with Gasteiger partial charge >= 0.3 is 0 Å². The highest BCUT2D eigenvalue weighted by molar-refractivity contribution is 7.11. The highest BCUT2D eigenvalue weighted by Crippen LogP contribution is 2.28. The number of pyridine rings is 1. The van der Waals surface area contributed by atoms with Crippen LogP contribution in [0.4, 0.5) is 0 Å². The van der Waals surface area contributed by atoms with Gasteiger partial charge in [0.1, 0.15) is 16.5 Å². The molecule has 1 saturated heterocycles. The van der Waals surface area contributed by atoms with Gasteiger partial charge in [0.2, 0.25) is 0 Å². The van der Waals surface area contributed by atoms with Gasteiger partial charge in [0.05, 0.1) is 11.2 Å². The SMILES string of the molecule is CCc1nccn1-c1cccc(C2CCCN(C(=O)c3scnc3C)C2)n1. The molecule has 6 nitrogen and oxygen atoms in total. The Morgan fingerprint density at radius 1 is 1.33 bits per heavy atom. The highest BCUT2D eigenvalue weighted by atomic mass is 32.1. The lowest BCUT2D eigenvalue weighted by Crippen LogP contribution is -2.39. The first-order valence-corrected chi connectivity index (χ1v) is 10.2. The highest BCUT2D eigenvalue weighted by Gasteiger charge is 2.28. The van der Waals surface area contributed by atoms with Crippen LogP contribution in [0.15, 0.2) is 36.1 Å². The van der Waals surface area contributed by atoms with Crippen LogP contribution in [0.3, 0.4) is 0 Å². The molecule has 4 heterocycles. The van der Waals surface area contributed by atoms with Crippen molar-refractivity contribution in [3.05, 3.63) is 58.2 Å². The van der Waals surface area contributed by atoms with E-state index in [9.17, 15) is 4.79 Å². The van der Waals surface area contributed by atoms with Crippen LogP contribution < -0.4 is 0 Å². The number of thiazole rings is 1. The number of rotatable bonds is 4. The van der Waals surface area contributed by atoms with Crippen LogP contribution in [0.25, 0.3) is 5.82 Å². The van der Waals surface area contributed by atoms with E-state index < -0.39 is 0 Å². The molecule has 0 aliphatic carbocycles. The number of likely N-dealkylation sites (tertiary alicyclic amines) is 1. The molecule has 7 heteroatoms. The Morgan fingerprint density at radius 3 is 3.00 bits per heavy atom. The van der Waals surface area contributed by atoms with Gasteiger partial charge in [-0.2, -0.15) is 0 Å². The number of carbonyl (C=O) groups excluding carboxylic acids is 1. The fourth-order valence-electron chi connectivity index (χ4n) is 3.66. The predicted octanol–water partition coefficient (Wildman–Crippen LogP) is 3.61. The molecule has 1 unspecified atom stereocenters. The number of hydrogen-bond donors (Lipinski definition) is 0. The number of aromatic nitrogens is 4. The minimum absolute atomic E-state index is 0.0960. The van der Waals surface area contributed by atoms with Crippen molar-refractivity contribution in [2.75, 3.05) is 13.1 Å². The molecule has 0 spiro atoms. The van der Waals surface area contributed by atoms with Gasteiger partial charge in [-0.1, -0.05) is 13.0 Å². The molecule has 0 bridgehead atoms. The van der Waals surface area contributed by atoms with E-state index in [-0.39, 0.29) is 11.8 Å². The van der Waals surface area contributed by atoms with Crippen molar-refractivity contribution in [3.63, 3.8) is 0 Å². The van der Waals surface area contributed by atoms with Gasteiger partial charge in [-0.3, -0.25) is 9.36 Å². The summed E-state index contributed by atoms with van der Waals surface area (Å²) >= 11 is 1.42. The van der Waals surface area contributed by atoms with Crippen molar-refractivity contribution in [2.24, 2.45) is 0 Å². The Labute approximate surface area is 162 Å². The zero-order chi connectivity index (χ0) is 18.8. The summed E-state index contributed by atoms with van der Waals surface area (Å²) in [6.07, 6.45) is 6.66. The molecule has 0 aromatic carbocycles. The Morgan fingerprint density at radius 2 is 2.22 bits per heavy atom. The first-order chi connectivity index (χ1) is 13.2. The molecule has 1 amide bonds. The molecular weight excluding hydrogens is 358 g/mol. The van der Waals surface area contributed by atoms with Crippen molar-refractivity contribution in [3.8, 4) is 5.82 Å². The summed E-state index contributed by atoms with van der Waals surface area (Å²) in [6.45, 7) is 5.49. The normalized spacial score (nSPS) is 17.3. The lowest BCUT2D eigenvalue weighted by molar-refractivity contribution is 0.0710. The average Bonchev–Trinajstić information content (AvgIpc) is 3.36. The zero-order valence-corrected chi connectivity index (χ0v) is 16.4. The van der Waals surface area contributed by atoms with Crippen LogP contribution in [-0.4, -0.2) is 43.4 Å². The summed E-state index contributed by atoms with van der Waals surface area (Å²) in [5, 5.41) is 0. The van der Waals surface area contributed by atoms with Gasteiger partial charge in [0, 0.05) is 43.5 Å². The van der Waals surface area contributed by atoms with Crippen molar-refractivity contribution in [2.45, 2.75) is 39.0 Å². The van der Waals surface area contributed by atoms with Gasteiger partial charge in [-0.15, -0.1) is 11.3 Å². The smallest absolute Gasteiger partial charge is 0.265 e. The monoisotopic (exact) mass is 381 g/mol. The molecule has 3 aromatic heterocycles. The first kappa shape index (κ1) is 17.9. The molecule has 3 aromatic rings. The Balaban J connectivity index is 1.56. The first-order valence-electron chi connectivity index (χ1n) is 9.36. The van der Waals surface area contributed by atoms with E-state index in [1.807, 2.05) is 40.9 Å². The molecule has 27 heavy (non-hydrogen) atoms. The van der Waals surface area contributed by atoms with E-state index in [0.29, 0.717) is 6.54 Å². The topological polar surface area (TPSA) is 63.9 Å². The van der Waals surface area contributed by atoms with Crippen LogP contribution in [0, 0.1) is 6.92 Å². The third-order valence-electron chi connectivity index (χ3n) is 5.10. The Bertz CT molecular complexity index is 947. The fraction of sp³-hybridized carbons (Fsp3) is 0.400. The molecule has 140 valence electrons. The van der Waals surface area contributed by atoms with E-state index in [2.05, 4.69) is 23.0 Å². The van der Waals surface area contributed by atoms with Crippen LogP contribution in [-0.2, 0) is 6.42 Å². The third-order valence-corrected chi connectivity index (χ3v) is 6.02. The fourth-order valence-corrected chi connectivity index (χ4v) is 4.43. The van der Waals surface area contributed by atoms with E-state index in [0.717, 1.165) is 53.7 Å². The second-order valence-corrected chi connectivity index (χ2v) is 7.70. The van der Waals surface area contributed by atoms with Gasteiger partial charge in [-0.25, -0.2) is 15.0 Å². The summed E-state index contributed by atoms with van der Waals surface area (Å²) < 4.78 is 2.04. The number of amides is 1. The average molecular weight is 382 g/mol. The van der Waals surface area contributed by atoms with E-state index in [4.69, 9.17) is 4.98 Å². The summed E-state index contributed by atoms with van der Waals surface area (Å²) in [6, 6.07) is 6.13. The van der Waals surface area contributed by atoms with Crippen molar-refractivity contribution in [1.82, 2.24) is 24.4 Å². The van der Waals surface area contributed by atoms with E-state index in [1.165, 1.54) is 11.3 Å². The number of carbonyl (C=O) groups is 1. The van der Waals surface area contributed by atoms with Crippen LogP contribution >= 0.6 is 11.3 Å². The molecule has 1 aliphatic rings. The number of hydrogen-bond acceptors (Lipinski definition) is 5. The van der Waals surface area contributed by atoms with Crippen LogP contribution in [0.1, 0.15) is 52.6 Å². The van der Waals surface area contributed by atoms with Gasteiger partial charge in [0.15, 0.2) is 0 Å². The Kier molecular flexibility index (Phi) is 5.03. The summed E-state index contributed by atoms with van der Waals surface area (Å²) in [7, 11) is 0. The van der Waals surface area contributed by atoms with Gasteiger partial charge in [0.25, 0.3) is 5.91 Å². The molecular formula is C20H23N5OS. The largest absolute Gasteiger partial charge is 0.337 e. The van der Waals surface area contributed by atoms with Crippen LogP contribution in [0.5, 0.6) is 0 Å². The maximum absolute atomic E-state index is 12.9. The number of piperidine rings is 1. The maximum Gasteiger partial charge on any atom is 0.265 e. The maximum atomic E-state index is 12.9. The minimum atomic E-state index is 0.0960. The number of aryl methyl sites for hydroxylation is 2. The zero-order valence-electron chi connectivity index (χ0n) is 15.6. The van der Waals surface area contributed by atoms with E-state index in [1.54, 1.807) is 5.51 Å². The number of nitrogens with zero attached hydrogens (tertiary/aromatic N) is 5. The van der Waals surface area contributed by atoms with Crippen molar-refractivity contribution < 1.29 is 4.79 Å². The van der Waals surface area contributed by atoms with Gasteiger partial charge in [-0.05, 0) is 31.9 Å². The molecule has 0 radical (unpaired) electrons. The van der Waals surface area contributed by atoms with Crippen molar-refractivity contribution in [1.29, 1.82) is 0 Å². The predicted molar refractivity (Wildman–Crippen MR) is 105 cm³/mol. The molecule has 4 rings (SSSR count). The van der Waals surface area contributed by atoms with Crippen LogP contribution in [0.2, 0.25) is 0 Å². The number of imidazole rings is 1. The quantitative estimate of drug-likeness (QED) is 0.692. The lowest BCUT2D eigenvalue weighted by atomic mass is 9.94. The second-order valence-electron chi connectivity index (χ2n) is 6.84. The summed E-state index contributed by atoms with van der Waals surface area (Å²) in [5.74, 6) is 2.24. The molecule has 0 N–H and O–H groups in total. The third kappa shape index (κ3) is 3.51. The standard InChI is InChI=1S/C20H23N5OS/c1-3-17-21-9-11-25(17)18-8-4-7-16(23-18)15-6-5-10-24(12-15)20(26)19-14(2)22-13-27-19/h4,7-9,11,13,15H,3,5-6,10,12H2,1-2H3. The van der Waals surface area contributed by atoms with Gasteiger partial charge < -0.3 is 4.90 Å². The molecule has 1 atom stereocenters. The summed E-state index contributed by atoms with van der Waals surface area (Å²) in [4.78, 5) is 29.1. The summed E-state index contributed by atoms with van der Waals surface area (Å²) in [5.41, 5.74) is 3.60. The minimum Gasteiger partial charge on any atom is -0.337 e. The molecule has 0 saturated carbocycles. The Hall–Kier alpha value is -2.54.